The van der Waals surface area contributed by atoms with Gasteiger partial charge in [0.25, 0.3) is 0 Å². The van der Waals surface area contributed by atoms with Gasteiger partial charge in [0.2, 0.25) is 0 Å². The van der Waals surface area contributed by atoms with E-state index in [-0.39, 0.29) is 6.54 Å². The number of aryl methyl sites for hydroxylation is 2. The smallest absolute Gasteiger partial charge is 0.317 e. The van der Waals surface area contributed by atoms with Crippen LogP contribution >= 0.6 is 0 Å². The maximum Gasteiger partial charge on any atom is 0.317 e. The standard InChI is InChI=1S/C19H29N3O2/c1-14-6-8-20-11-16(14)3-2-7-21-17-9-18(10-17)22(13-19(23)24)12-15-4-5-15/h6,8,11,15,17-18,21H,2-5,7,9-10,12-13H2,1H3,(H,23,24). The van der Waals surface area contributed by atoms with Crippen molar-refractivity contribution in [1.29, 1.82) is 0 Å². The first-order valence-corrected chi connectivity index (χ1v) is 9.20. The summed E-state index contributed by atoms with van der Waals surface area (Å²) < 4.78 is 0. The summed E-state index contributed by atoms with van der Waals surface area (Å²) in [5.74, 6) is 0.0537. The molecule has 5 heteroatoms. The van der Waals surface area contributed by atoms with Crippen LogP contribution in [0.4, 0.5) is 0 Å². The van der Waals surface area contributed by atoms with Crippen LogP contribution in [0.2, 0.25) is 0 Å². The van der Waals surface area contributed by atoms with Gasteiger partial charge >= 0.3 is 5.97 Å². The van der Waals surface area contributed by atoms with Crippen molar-refractivity contribution in [2.45, 2.75) is 57.5 Å². The van der Waals surface area contributed by atoms with Gasteiger partial charge in [0.1, 0.15) is 0 Å². The van der Waals surface area contributed by atoms with Crippen molar-refractivity contribution in [1.82, 2.24) is 15.2 Å². The molecule has 0 saturated heterocycles. The van der Waals surface area contributed by atoms with Gasteiger partial charge < -0.3 is 10.4 Å². The van der Waals surface area contributed by atoms with Gasteiger partial charge in [0, 0.05) is 31.0 Å². The highest BCUT2D eigenvalue weighted by Gasteiger charge is 2.36. The normalized spacial score (nSPS) is 23.2. The summed E-state index contributed by atoms with van der Waals surface area (Å²) in [7, 11) is 0. The molecular formula is C19H29N3O2. The van der Waals surface area contributed by atoms with E-state index in [2.05, 4.69) is 28.2 Å². The highest BCUT2D eigenvalue weighted by Crippen LogP contribution is 2.33. The molecule has 0 bridgehead atoms. The third-order valence-corrected chi connectivity index (χ3v) is 5.36. The van der Waals surface area contributed by atoms with E-state index < -0.39 is 5.97 Å². The fourth-order valence-corrected chi connectivity index (χ4v) is 3.54. The number of hydrogen-bond donors (Lipinski definition) is 2. The average Bonchev–Trinajstić information content (AvgIpc) is 3.30. The summed E-state index contributed by atoms with van der Waals surface area (Å²) in [5, 5.41) is 12.7. The molecule has 1 aromatic rings. The van der Waals surface area contributed by atoms with Crippen molar-refractivity contribution < 1.29 is 9.90 Å². The lowest BCUT2D eigenvalue weighted by molar-refractivity contribution is -0.139. The molecule has 0 aliphatic heterocycles. The predicted octanol–water partition coefficient (Wildman–Crippen LogP) is 2.24. The molecule has 3 rings (SSSR count). The molecule has 0 spiro atoms. The SMILES string of the molecule is Cc1ccncc1CCCNC1CC(N(CC(=O)O)CC2CC2)C1. The van der Waals surface area contributed by atoms with Crippen LogP contribution in [0.1, 0.15) is 43.2 Å². The van der Waals surface area contributed by atoms with E-state index in [4.69, 9.17) is 5.11 Å². The Kier molecular flexibility index (Phi) is 5.85. The van der Waals surface area contributed by atoms with Gasteiger partial charge in [-0.15, -0.1) is 0 Å². The molecule has 2 fully saturated rings. The number of nitrogens with zero attached hydrogens (tertiary/aromatic N) is 2. The van der Waals surface area contributed by atoms with Gasteiger partial charge in [-0.25, -0.2) is 0 Å². The first kappa shape index (κ1) is 17.4. The fraction of sp³-hybridized carbons (Fsp3) is 0.684. The lowest BCUT2D eigenvalue weighted by atomic mass is 9.85. The summed E-state index contributed by atoms with van der Waals surface area (Å²) in [6, 6.07) is 3.08. The maximum atomic E-state index is 11.0. The van der Waals surface area contributed by atoms with Gasteiger partial charge in [-0.2, -0.15) is 0 Å². The highest BCUT2D eigenvalue weighted by atomic mass is 16.4. The minimum absolute atomic E-state index is 0.203. The number of carbonyl (C=O) groups is 1. The van der Waals surface area contributed by atoms with Gasteiger partial charge in [-0.1, -0.05) is 0 Å². The molecule has 1 heterocycles. The van der Waals surface area contributed by atoms with Gasteiger partial charge in [0.15, 0.2) is 0 Å². The first-order chi connectivity index (χ1) is 11.6. The Balaban J connectivity index is 1.32. The van der Waals surface area contributed by atoms with Crippen molar-refractivity contribution in [2.75, 3.05) is 19.6 Å². The largest absolute Gasteiger partial charge is 0.480 e. The van der Waals surface area contributed by atoms with Crippen molar-refractivity contribution >= 4 is 5.97 Å². The quantitative estimate of drug-likeness (QED) is 0.644. The predicted molar refractivity (Wildman–Crippen MR) is 94.0 cm³/mol. The lowest BCUT2D eigenvalue weighted by Gasteiger charge is -2.43. The third kappa shape index (κ3) is 5.02. The van der Waals surface area contributed by atoms with Gasteiger partial charge in [-0.05, 0) is 75.1 Å². The molecule has 132 valence electrons. The molecule has 2 N–H and O–H groups in total. The summed E-state index contributed by atoms with van der Waals surface area (Å²) in [5.41, 5.74) is 2.65. The number of aromatic nitrogens is 1. The van der Waals surface area contributed by atoms with Crippen molar-refractivity contribution in [3.63, 3.8) is 0 Å². The lowest BCUT2D eigenvalue weighted by Crippen LogP contribution is -2.54. The van der Waals surface area contributed by atoms with Gasteiger partial charge in [0.05, 0.1) is 6.54 Å². The molecule has 2 aliphatic rings. The Bertz CT molecular complexity index is 553. The van der Waals surface area contributed by atoms with Crippen LogP contribution in [0.25, 0.3) is 0 Å². The fourth-order valence-electron chi connectivity index (χ4n) is 3.54. The zero-order chi connectivity index (χ0) is 16.9. The average molecular weight is 331 g/mol. The number of rotatable bonds is 10. The number of carboxylic acid groups (broad SMARTS) is 1. The summed E-state index contributed by atoms with van der Waals surface area (Å²) in [4.78, 5) is 17.4. The van der Waals surface area contributed by atoms with E-state index in [0.717, 1.165) is 44.7 Å². The van der Waals surface area contributed by atoms with E-state index >= 15 is 0 Å². The van der Waals surface area contributed by atoms with E-state index in [1.54, 1.807) is 0 Å². The van der Waals surface area contributed by atoms with E-state index in [1.165, 1.54) is 24.0 Å². The van der Waals surface area contributed by atoms with Crippen LogP contribution in [-0.2, 0) is 11.2 Å². The second-order valence-electron chi connectivity index (χ2n) is 7.45. The minimum atomic E-state index is -0.695. The molecule has 5 nitrogen and oxygen atoms in total. The number of pyridine rings is 1. The van der Waals surface area contributed by atoms with Crippen LogP contribution in [0.5, 0.6) is 0 Å². The molecule has 0 amide bonds. The zero-order valence-electron chi connectivity index (χ0n) is 14.6. The molecule has 0 atom stereocenters. The second kappa shape index (κ2) is 8.08. The monoisotopic (exact) mass is 331 g/mol. The van der Waals surface area contributed by atoms with Crippen LogP contribution in [-0.4, -0.2) is 52.7 Å². The van der Waals surface area contributed by atoms with Gasteiger partial charge in [-0.3, -0.25) is 14.7 Å². The van der Waals surface area contributed by atoms with Crippen LogP contribution in [0.15, 0.2) is 18.5 Å². The molecule has 1 aromatic heterocycles. The van der Waals surface area contributed by atoms with Crippen molar-refractivity contribution in [2.24, 2.45) is 5.92 Å². The maximum absolute atomic E-state index is 11.0. The molecule has 0 aromatic carbocycles. The Morgan fingerprint density at radius 2 is 2.21 bits per heavy atom. The van der Waals surface area contributed by atoms with Crippen molar-refractivity contribution in [3.8, 4) is 0 Å². The minimum Gasteiger partial charge on any atom is -0.480 e. The van der Waals surface area contributed by atoms with E-state index in [9.17, 15) is 4.79 Å². The van der Waals surface area contributed by atoms with Crippen molar-refractivity contribution in [3.05, 3.63) is 29.6 Å². The Hall–Kier alpha value is -1.46. The first-order valence-electron chi connectivity index (χ1n) is 9.20. The molecule has 24 heavy (non-hydrogen) atoms. The Morgan fingerprint density at radius 3 is 2.88 bits per heavy atom. The van der Waals surface area contributed by atoms with E-state index in [1.807, 2.05) is 12.4 Å². The van der Waals surface area contributed by atoms with Crippen LogP contribution in [0.3, 0.4) is 0 Å². The Morgan fingerprint density at radius 1 is 1.42 bits per heavy atom. The number of aliphatic carboxylic acids is 1. The molecule has 0 radical (unpaired) electrons. The molecular weight excluding hydrogens is 302 g/mol. The third-order valence-electron chi connectivity index (χ3n) is 5.36. The Labute approximate surface area is 144 Å². The number of carboxylic acids is 1. The molecule has 2 saturated carbocycles. The van der Waals surface area contributed by atoms with Crippen LogP contribution in [0, 0.1) is 12.8 Å². The van der Waals surface area contributed by atoms with E-state index in [0.29, 0.717) is 12.1 Å². The molecule has 2 aliphatic carbocycles. The summed E-state index contributed by atoms with van der Waals surface area (Å²) in [6.45, 7) is 4.34. The zero-order valence-corrected chi connectivity index (χ0v) is 14.6. The number of nitrogens with one attached hydrogen (secondary N) is 1. The summed E-state index contributed by atoms with van der Waals surface area (Å²) >= 11 is 0. The second-order valence-corrected chi connectivity index (χ2v) is 7.45. The molecule has 0 unspecified atom stereocenters. The van der Waals surface area contributed by atoms with Crippen LogP contribution < -0.4 is 5.32 Å². The highest BCUT2D eigenvalue weighted by molar-refractivity contribution is 5.69. The topological polar surface area (TPSA) is 65.5 Å². The number of hydrogen-bond acceptors (Lipinski definition) is 4. The summed E-state index contributed by atoms with van der Waals surface area (Å²) in [6.07, 6.45) is 10.7.